The molecule has 0 radical (unpaired) electrons. The van der Waals surface area contributed by atoms with Crippen LogP contribution in [0.1, 0.15) is 58.3 Å². The van der Waals surface area contributed by atoms with Gasteiger partial charge in [-0.1, -0.05) is 76.1 Å². The molecule has 1 atom stereocenters. The molecule has 10 N–H and O–H groups in total. The van der Waals surface area contributed by atoms with Crippen LogP contribution in [-0.2, 0) is 68.1 Å². The molecule has 8 aromatic rings. The number of hydrazine groups is 2. The number of phenolic OH excluding ortho intramolecular Hbond substituents is 2. The van der Waals surface area contributed by atoms with Crippen molar-refractivity contribution in [3.05, 3.63) is 84.9 Å². The fourth-order valence-electron chi connectivity index (χ4n) is 8.77. The number of hydrogen-bond acceptors (Lipinski definition) is 41. The van der Waals surface area contributed by atoms with Crippen LogP contribution in [0, 0.1) is 5.92 Å². The molecule has 0 aliphatic carbocycles. The molecular weight excluding hydrogens is 1470 g/mol. The van der Waals surface area contributed by atoms with E-state index in [1.807, 2.05) is 6.92 Å². The standard InChI is InChI=1S/C50H50N16O24S6.4Li.2Na/c1-2-3-4-5-6-7-8-13-28(43(69)63-65-47-53-45(55-49(71)57-47)51-31-22-26(91-88-85-73)18-24-21-36(96(82,83)84)40(42(68)37(24)31)62-59-29-14-9-11-16-33(29)92-89-86-74)44(70)64-66-48-54-46(56-50(72)58-48)52-32-23-27(94(76,77)78)19-25-20-34(93-90-87-75)39(41(67)38(25)32)61-60-30-15-10-12-17-35(30)95(79,80)81;;;;;;/h9-12,14-23,28,67-68,73-75H,2-8,13H2,1H3,(H,63,69)(H,64,70)(H,76,77,78)(H,79,80,81)(H,82,83,84)(H3,51,53,55,57,65,71)(H3,52,54,56,58,66,72);;;;;;/q;6*+1/p-6. The number of nitrogens with one attached hydrogen (secondary N) is 6. The Morgan fingerprint density at radius 3 is 1.52 bits per heavy atom. The number of phenols is 2. The molecule has 52 heteroatoms. The van der Waals surface area contributed by atoms with Gasteiger partial charge in [0.1, 0.15) is 59.0 Å². The van der Waals surface area contributed by atoms with Crippen molar-refractivity contribution < 1.29 is 247 Å². The molecule has 8 rings (SSSR count). The molecule has 0 bridgehead atoms. The molecule has 510 valence electrons. The molecule has 1 unspecified atom stereocenters. The van der Waals surface area contributed by atoms with Crippen LogP contribution in [0.25, 0.3) is 21.5 Å². The van der Waals surface area contributed by atoms with Crippen molar-refractivity contribution in [2.24, 2.45) is 26.4 Å². The fraction of sp³-hybridized carbons (Fsp3) is 0.200. The van der Waals surface area contributed by atoms with E-state index in [4.69, 9.17) is 0 Å². The maximum atomic E-state index is 14.0. The van der Waals surface area contributed by atoms with Gasteiger partial charge in [-0.2, -0.15) is 42.9 Å². The zero-order valence-corrected chi connectivity index (χ0v) is 63.1. The van der Waals surface area contributed by atoms with Crippen molar-refractivity contribution >= 4 is 158 Å². The van der Waals surface area contributed by atoms with Crippen molar-refractivity contribution in [1.29, 1.82) is 0 Å². The van der Waals surface area contributed by atoms with E-state index in [9.17, 15) is 84.7 Å². The monoisotopic (exact) mass is 1520 g/mol. The summed E-state index contributed by atoms with van der Waals surface area (Å²) in [6, 6.07) is 13.8. The minimum atomic E-state index is -5.48. The summed E-state index contributed by atoms with van der Waals surface area (Å²) in [6.45, 7) is 2.03. The fourth-order valence-corrected chi connectivity index (χ4v) is 11.9. The minimum Gasteiger partial charge on any atom is -0.744 e. The molecule has 0 fully saturated rings. The second-order valence-corrected chi connectivity index (χ2v) is 25.5. The Balaban J connectivity index is 0.00000589. The van der Waals surface area contributed by atoms with Crippen molar-refractivity contribution in [3.8, 4) is 23.5 Å². The maximum absolute atomic E-state index is 14.0. The number of benzene rings is 6. The number of aromatic nitrogens is 6. The average molecular weight is 1520 g/mol. The number of nitrogens with zero attached hydrogens (tertiary/aromatic N) is 10. The molecule has 0 saturated carbocycles. The quantitative estimate of drug-likeness (QED) is 0.00262. The Morgan fingerprint density at radius 1 is 0.510 bits per heavy atom. The van der Waals surface area contributed by atoms with Gasteiger partial charge in [-0.05, 0) is 77.9 Å². The molecule has 102 heavy (non-hydrogen) atoms. The Kier molecular flexibility index (Phi) is 40.0. The van der Waals surface area contributed by atoms with E-state index in [0.717, 1.165) is 68.5 Å². The van der Waals surface area contributed by atoms with E-state index < -0.39 is 138 Å². The maximum Gasteiger partial charge on any atom is 1.00 e. The summed E-state index contributed by atoms with van der Waals surface area (Å²) in [6.07, 6.45) is 5.17. The second-order valence-electron chi connectivity index (χ2n) is 19.1. The van der Waals surface area contributed by atoms with Gasteiger partial charge in [0.05, 0.1) is 72.0 Å². The van der Waals surface area contributed by atoms with Gasteiger partial charge >= 0.3 is 147 Å². The van der Waals surface area contributed by atoms with Crippen molar-refractivity contribution in [2.75, 3.05) is 21.5 Å². The summed E-state index contributed by atoms with van der Waals surface area (Å²) < 4.78 is 124. The topological polar surface area (TPSA) is 610 Å². The molecule has 0 saturated heterocycles. The zero-order valence-electron chi connectivity index (χ0n) is 54.2. The number of carbonyl (C=O) groups excluding carboxylic acids is 2. The molecule has 0 aliphatic heterocycles. The van der Waals surface area contributed by atoms with Crippen LogP contribution in [0.2, 0.25) is 0 Å². The largest absolute Gasteiger partial charge is 1.00 e. The average Bonchev–Trinajstić information content (AvgIpc) is 0.759. The van der Waals surface area contributed by atoms with Gasteiger partial charge in [0, 0.05) is 15.7 Å². The predicted octanol–water partition coefficient (Wildman–Crippen LogP) is -12.7. The Bertz CT molecular complexity index is 4650. The van der Waals surface area contributed by atoms with Crippen LogP contribution < -0.4 is 183 Å². The van der Waals surface area contributed by atoms with Crippen LogP contribution in [0.5, 0.6) is 23.5 Å². The van der Waals surface area contributed by atoms with E-state index in [1.165, 1.54) is 42.5 Å². The van der Waals surface area contributed by atoms with Gasteiger partial charge < -0.3 is 60.5 Å². The number of hydrogen-bond donors (Lipinski definition) is 10. The molecule has 2 amide bonds. The summed E-state index contributed by atoms with van der Waals surface area (Å²) in [4.78, 5) is 48.0. The zero-order chi connectivity index (χ0) is 69.3. The Hall–Kier alpha value is -4.79. The molecule has 40 nitrogen and oxygen atoms in total. The molecule has 6 aromatic carbocycles. The van der Waals surface area contributed by atoms with Crippen molar-refractivity contribution in [2.45, 2.75) is 87.7 Å². The van der Waals surface area contributed by atoms with E-state index in [1.54, 1.807) is 0 Å². The summed E-state index contributed by atoms with van der Waals surface area (Å²) >= 11 is 0.762. The third-order valence-electron chi connectivity index (χ3n) is 12.8. The van der Waals surface area contributed by atoms with E-state index >= 15 is 0 Å². The number of unbranched alkanes of at least 4 members (excludes halogenated alkanes) is 6. The van der Waals surface area contributed by atoms with Crippen LogP contribution in [0.4, 0.5) is 57.9 Å². The summed E-state index contributed by atoms with van der Waals surface area (Å²) in [7, 11) is -16.0. The normalized spacial score (nSPS) is 11.6. The third kappa shape index (κ3) is 26.0. The molecule has 0 spiro atoms. The summed E-state index contributed by atoms with van der Waals surface area (Å²) in [5.41, 5.74) is 6.26. The number of azo groups is 2. The van der Waals surface area contributed by atoms with Gasteiger partial charge in [0.25, 0.3) is 11.8 Å². The minimum absolute atomic E-state index is 0. The first-order valence-electron chi connectivity index (χ1n) is 26.8. The SMILES string of the molecule is CCCCCCCCCC(C(=O)NNc1nc(O)nc(Nc2cc(S(=O)(=O)[O-])cc3cc(SOO[O-])c(N=Nc4ccccc4S(=O)(=O)[O-])c(O)c23)n1)C(=O)NNc1nc(O)nc(Nc2cc(SOO[O-])cc3cc(S(=O)(=O)[O-])c(N=Nc4ccccc4SOO[O-])c(O)c23)n1.[Li+].[Li+].[Li+].[Li+].[Na+].[Na+]. The Morgan fingerprint density at radius 2 is 0.971 bits per heavy atom. The van der Waals surface area contributed by atoms with Gasteiger partial charge in [-0.25, -0.2) is 25.3 Å². The van der Waals surface area contributed by atoms with Crippen LogP contribution >= 0.6 is 36.1 Å². The summed E-state index contributed by atoms with van der Waals surface area (Å²) in [5.74, 6) is -8.22. The number of rotatable bonds is 34. The molecular formula is C50H44Li4N16Na2O24S6. The van der Waals surface area contributed by atoms with Crippen LogP contribution in [0.3, 0.4) is 0 Å². The Labute approximate surface area is 682 Å². The van der Waals surface area contributed by atoms with Crippen molar-refractivity contribution in [3.63, 3.8) is 0 Å². The second kappa shape index (κ2) is 43.7. The van der Waals surface area contributed by atoms with E-state index in [0.29, 0.717) is 31.0 Å². The summed E-state index contributed by atoms with van der Waals surface area (Å²) in [5, 5.41) is 107. The van der Waals surface area contributed by atoms with Crippen LogP contribution in [0.15, 0.2) is 135 Å². The smallest absolute Gasteiger partial charge is 0.744 e. The van der Waals surface area contributed by atoms with Gasteiger partial charge in [-0.15, -0.1) is 20.5 Å². The number of fused-ring (bicyclic) bond motifs is 2. The van der Waals surface area contributed by atoms with Crippen LogP contribution in [-0.4, -0.2) is 101 Å². The van der Waals surface area contributed by atoms with E-state index in [2.05, 4.69) is 111 Å². The predicted molar refractivity (Wildman–Crippen MR) is 320 cm³/mol. The van der Waals surface area contributed by atoms with E-state index in [-0.39, 0.29) is 207 Å². The number of aromatic hydroxyl groups is 4. The molecule has 2 aromatic heterocycles. The van der Waals surface area contributed by atoms with Crippen molar-refractivity contribution in [1.82, 2.24) is 40.8 Å². The number of carbonyl (C=O) groups is 2. The number of amides is 2. The molecule has 0 aliphatic rings. The first-order valence-corrected chi connectivity index (χ1v) is 33.3. The first-order chi connectivity index (χ1) is 45.8. The van der Waals surface area contributed by atoms with Gasteiger partial charge in [0.15, 0.2) is 11.5 Å². The van der Waals surface area contributed by atoms with Gasteiger partial charge in [0.2, 0.25) is 23.8 Å². The third-order valence-corrected chi connectivity index (χ3v) is 17.2. The molecule has 2 heterocycles. The van der Waals surface area contributed by atoms with Gasteiger partial charge in [-0.3, -0.25) is 46.4 Å². The number of anilines is 6. The first kappa shape index (κ1) is 93.3.